The summed E-state index contributed by atoms with van der Waals surface area (Å²) in [4.78, 5) is 0. The summed E-state index contributed by atoms with van der Waals surface area (Å²) in [5.41, 5.74) is 0.888. The number of alkyl halides is 1. The zero-order valence-electron chi connectivity index (χ0n) is 9.71. The third-order valence-electron chi connectivity index (χ3n) is 2.43. The van der Waals surface area contributed by atoms with Crippen molar-refractivity contribution in [3.8, 4) is 0 Å². The number of halogens is 2. The second kappa shape index (κ2) is 6.37. The van der Waals surface area contributed by atoms with E-state index in [-0.39, 0.29) is 16.1 Å². The van der Waals surface area contributed by atoms with Crippen LogP contribution in [0.25, 0.3) is 0 Å². The van der Waals surface area contributed by atoms with Gasteiger partial charge in [-0.2, -0.15) is 0 Å². The summed E-state index contributed by atoms with van der Waals surface area (Å²) < 4.78 is 27.6. The average Bonchev–Trinajstić information content (AvgIpc) is 2.85. The smallest absolute Gasteiger partial charge is 0.209 e. The predicted molar refractivity (Wildman–Crippen MR) is 82.2 cm³/mol. The molecule has 2 rings (SSSR count). The van der Waals surface area contributed by atoms with Gasteiger partial charge in [-0.3, -0.25) is 0 Å². The number of benzene rings is 1. The summed E-state index contributed by atoms with van der Waals surface area (Å²) in [6.45, 7) is 0.156. The van der Waals surface area contributed by atoms with Crippen LogP contribution in [0, 0.1) is 0 Å². The Morgan fingerprint density at radius 2 is 1.89 bits per heavy atom. The molecule has 0 bridgehead atoms. The van der Waals surface area contributed by atoms with Gasteiger partial charge < -0.3 is 0 Å². The molecular weight excluding hydrogens is 370 g/mol. The molecule has 0 aliphatic rings. The number of sulfonamides is 1. The fourth-order valence-corrected chi connectivity index (χ4v) is 4.89. The quantitative estimate of drug-likeness (QED) is 0.803. The van der Waals surface area contributed by atoms with Crippen LogP contribution >= 0.6 is 38.9 Å². The monoisotopic (exact) mass is 379 g/mol. The molecular formula is C12H11BrClNO2S2. The molecule has 0 spiro atoms. The van der Waals surface area contributed by atoms with Gasteiger partial charge in [-0.15, -0.1) is 22.9 Å². The third-order valence-corrected chi connectivity index (χ3v) is 6.37. The Morgan fingerprint density at radius 3 is 2.47 bits per heavy atom. The van der Waals surface area contributed by atoms with Gasteiger partial charge in [-0.05, 0) is 33.6 Å². The lowest BCUT2D eigenvalue weighted by Gasteiger charge is -2.10. The molecule has 0 radical (unpaired) electrons. The van der Waals surface area contributed by atoms with Crippen molar-refractivity contribution in [3.05, 3.63) is 51.8 Å². The fraction of sp³-hybridized carbons (Fsp3) is 0.167. The lowest BCUT2D eigenvalue weighted by atomic mass is 10.1. The van der Waals surface area contributed by atoms with E-state index in [4.69, 9.17) is 11.6 Å². The lowest BCUT2D eigenvalue weighted by Crippen LogP contribution is -2.26. The van der Waals surface area contributed by atoms with E-state index in [0.717, 1.165) is 9.35 Å². The second-order valence-electron chi connectivity index (χ2n) is 3.79. The Hall–Kier alpha value is -0.400. The zero-order valence-corrected chi connectivity index (χ0v) is 13.7. The summed E-state index contributed by atoms with van der Waals surface area (Å²) in [7, 11) is -3.49. The van der Waals surface area contributed by atoms with Crippen molar-refractivity contribution in [2.75, 3.05) is 6.54 Å². The normalized spacial score (nSPS) is 13.4. The molecule has 0 amide bonds. The number of hydrogen-bond donors (Lipinski definition) is 1. The van der Waals surface area contributed by atoms with E-state index >= 15 is 0 Å². The molecule has 19 heavy (non-hydrogen) atoms. The standard InChI is InChI=1S/C12H11BrClNO2S2/c13-11-6-7-12(18-11)19(16,17)15-8-10(14)9-4-2-1-3-5-9/h1-7,10,15H,8H2. The van der Waals surface area contributed by atoms with Crippen LogP contribution in [0.4, 0.5) is 0 Å². The van der Waals surface area contributed by atoms with Crippen molar-refractivity contribution in [1.82, 2.24) is 4.72 Å². The van der Waals surface area contributed by atoms with Gasteiger partial charge in [-0.25, -0.2) is 13.1 Å². The SMILES string of the molecule is O=S(=O)(NCC(Cl)c1ccccc1)c1ccc(Br)s1. The molecule has 1 atom stereocenters. The zero-order chi connectivity index (χ0) is 13.9. The van der Waals surface area contributed by atoms with Crippen molar-refractivity contribution < 1.29 is 8.42 Å². The maximum absolute atomic E-state index is 12.0. The van der Waals surface area contributed by atoms with Crippen molar-refractivity contribution >= 4 is 48.9 Å². The van der Waals surface area contributed by atoms with E-state index in [1.807, 2.05) is 30.3 Å². The molecule has 1 aromatic carbocycles. The highest BCUT2D eigenvalue weighted by Crippen LogP contribution is 2.26. The molecule has 0 aliphatic carbocycles. The Kier molecular flexibility index (Phi) is 5.03. The summed E-state index contributed by atoms with van der Waals surface area (Å²) in [5, 5.41) is -0.389. The van der Waals surface area contributed by atoms with E-state index in [0.29, 0.717) is 0 Å². The van der Waals surface area contributed by atoms with Gasteiger partial charge in [0.25, 0.3) is 0 Å². The van der Waals surface area contributed by atoms with Crippen LogP contribution in [0.5, 0.6) is 0 Å². The predicted octanol–water partition coefficient (Wildman–Crippen LogP) is 3.77. The lowest BCUT2D eigenvalue weighted by molar-refractivity contribution is 0.583. The van der Waals surface area contributed by atoms with Crippen molar-refractivity contribution in [2.45, 2.75) is 9.59 Å². The molecule has 2 aromatic rings. The van der Waals surface area contributed by atoms with Crippen LogP contribution < -0.4 is 4.72 Å². The third kappa shape index (κ3) is 4.03. The van der Waals surface area contributed by atoms with E-state index in [2.05, 4.69) is 20.7 Å². The molecule has 1 unspecified atom stereocenters. The van der Waals surface area contributed by atoms with Crippen LogP contribution in [0.1, 0.15) is 10.9 Å². The molecule has 1 aromatic heterocycles. The first-order valence-electron chi connectivity index (χ1n) is 5.43. The van der Waals surface area contributed by atoms with Gasteiger partial charge in [-0.1, -0.05) is 30.3 Å². The first-order valence-corrected chi connectivity index (χ1v) is 8.96. The molecule has 0 fully saturated rings. The molecule has 1 heterocycles. The van der Waals surface area contributed by atoms with Gasteiger partial charge in [0.15, 0.2) is 0 Å². The van der Waals surface area contributed by atoms with Crippen LogP contribution in [0.3, 0.4) is 0 Å². The first-order chi connectivity index (χ1) is 8.99. The molecule has 0 saturated heterocycles. The Morgan fingerprint density at radius 1 is 1.21 bits per heavy atom. The summed E-state index contributed by atoms with van der Waals surface area (Å²) >= 11 is 10.6. The summed E-state index contributed by atoms with van der Waals surface area (Å²) in [5.74, 6) is 0. The fourth-order valence-electron chi connectivity index (χ4n) is 1.48. The highest BCUT2D eigenvalue weighted by molar-refractivity contribution is 9.11. The minimum atomic E-state index is -3.49. The summed E-state index contributed by atoms with van der Waals surface area (Å²) in [6.07, 6.45) is 0. The maximum Gasteiger partial charge on any atom is 0.250 e. The van der Waals surface area contributed by atoms with Crippen molar-refractivity contribution in [1.29, 1.82) is 0 Å². The van der Waals surface area contributed by atoms with E-state index in [1.165, 1.54) is 11.3 Å². The van der Waals surface area contributed by atoms with Crippen molar-refractivity contribution in [2.24, 2.45) is 0 Å². The van der Waals surface area contributed by atoms with E-state index in [9.17, 15) is 8.42 Å². The number of hydrogen-bond acceptors (Lipinski definition) is 3. The second-order valence-corrected chi connectivity index (χ2v) is 8.77. The van der Waals surface area contributed by atoms with E-state index in [1.54, 1.807) is 12.1 Å². The maximum atomic E-state index is 12.0. The molecule has 1 N–H and O–H groups in total. The molecule has 7 heteroatoms. The number of nitrogens with one attached hydrogen (secondary N) is 1. The number of rotatable bonds is 5. The minimum Gasteiger partial charge on any atom is -0.209 e. The topological polar surface area (TPSA) is 46.2 Å². The molecule has 0 saturated carbocycles. The molecule has 0 aliphatic heterocycles. The highest BCUT2D eigenvalue weighted by atomic mass is 79.9. The summed E-state index contributed by atoms with van der Waals surface area (Å²) in [6, 6.07) is 12.6. The first kappa shape index (κ1) is 15.0. The van der Waals surface area contributed by atoms with Gasteiger partial charge in [0.05, 0.1) is 9.16 Å². The minimum absolute atomic E-state index is 0.156. The van der Waals surface area contributed by atoms with Crippen LogP contribution in [0.2, 0.25) is 0 Å². The highest BCUT2D eigenvalue weighted by Gasteiger charge is 2.18. The van der Waals surface area contributed by atoms with Crippen LogP contribution in [-0.4, -0.2) is 15.0 Å². The van der Waals surface area contributed by atoms with E-state index < -0.39 is 10.0 Å². The largest absolute Gasteiger partial charge is 0.250 e. The number of thiophene rings is 1. The Balaban J connectivity index is 2.03. The Labute approximate surface area is 129 Å². The van der Waals surface area contributed by atoms with Crippen LogP contribution in [0.15, 0.2) is 50.5 Å². The van der Waals surface area contributed by atoms with Crippen LogP contribution in [-0.2, 0) is 10.0 Å². The van der Waals surface area contributed by atoms with Gasteiger partial charge >= 0.3 is 0 Å². The van der Waals surface area contributed by atoms with Gasteiger partial charge in [0.1, 0.15) is 4.21 Å². The Bertz CT molecular complexity index is 643. The molecule has 3 nitrogen and oxygen atoms in total. The van der Waals surface area contributed by atoms with Gasteiger partial charge in [0, 0.05) is 6.54 Å². The molecule has 102 valence electrons. The van der Waals surface area contributed by atoms with Gasteiger partial charge in [0.2, 0.25) is 10.0 Å². The van der Waals surface area contributed by atoms with Crippen molar-refractivity contribution in [3.63, 3.8) is 0 Å². The average molecular weight is 381 g/mol.